The lowest BCUT2D eigenvalue weighted by molar-refractivity contribution is -0.121. The van der Waals surface area contributed by atoms with Crippen LogP contribution in [0.1, 0.15) is 48.9 Å². The van der Waals surface area contributed by atoms with Crippen molar-refractivity contribution in [1.82, 2.24) is 10.2 Å². The minimum atomic E-state index is -0.0101. The van der Waals surface area contributed by atoms with Crippen molar-refractivity contribution in [2.24, 2.45) is 0 Å². The Balaban J connectivity index is 1.29. The maximum absolute atomic E-state index is 12.3. The van der Waals surface area contributed by atoms with Crippen molar-refractivity contribution in [3.05, 3.63) is 35.9 Å². The van der Waals surface area contributed by atoms with Crippen LogP contribution in [0.4, 0.5) is 0 Å². The van der Waals surface area contributed by atoms with Gasteiger partial charge >= 0.3 is 0 Å². The highest BCUT2D eigenvalue weighted by Gasteiger charge is 2.44. The molecule has 0 saturated carbocycles. The van der Waals surface area contributed by atoms with E-state index in [1.54, 1.807) is 0 Å². The maximum Gasteiger partial charge on any atom is 0.251 e. The van der Waals surface area contributed by atoms with Gasteiger partial charge in [-0.2, -0.15) is 0 Å². The monoisotopic (exact) mass is 358 g/mol. The lowest BCUT2D eigenvalue weighted by Crippen LogP contribution is -2.48. The van der Waals surface area contributed by atoms with E-state index in [1.165, 1.54) is 6.42 Å². The Labute approximate surface area is 156 Å². The van der Waals surface area contributed by atoms with Crippen LogP contribution in [-0.4, -0.2) is 61.4 Å². The third kappa shape index (κ3) is 4.11. The number of hydrogen-bond acceptors (Lipinski definition) is 4. The summed E-state index contributed by atoms with van der Waals surface area (Å²) >= 11 is 0. The van der Waals surface area contributed by atoms with E-state index >= 15 is 0 Å². The topological polar surface area (TPSA) is 50.8 Å². The summed E-state index contributed by atoms with van der Waals surface area (Å²) in [5, 5.41) is 3.06. The third-order valence-corrected chi connectivity index (χ3v) is 6.15. The molecule has 1 spiro atoms. The summed E-state index contributed by atoms with van der Waals surface area (Å²) in [6.45, 7) is 4.56. The van der Waals surface area contributed by atoms with Crippen LogP contribution in [0.3, 0.4) is 0 Å². The van der Waals surface area contributed by atoms with Crippen molar-refractivity contribution in [3.63, 3.8) is 0 Å². The van der Waals surface area contributed by atoms with Crippen LogP contribution in [0.25, 0.3) is 0 Å². The SMILES string of the molecule is O=C(NC[C@@H]1CCC[C@@]2(CCN(C3CCOCC3)C2)O1)c1ccccc1. The third-order valence-electron chi connectivity index (χ3n) is 6.15. The molecular weight excluding hydrogens is 328 g/mol. The number of benzene rings is 1. The predicted octanol–water partition coefficient (Wildman–Crippen LogP) is 2.61. The van der Waals surface area contributed by atoms with Gasteiger partial charge in [0.25, 0.3) is 5.91 Å². The summed E-state index contributed by atoms with van der Waals surface area (Å²) in [4.78, 5) is 14.9. The van der Waals surface area contributed by atoms with Crippen molar-refractivity contribution in [2.75, 3.05) is 32.8 Å². The number of hydrogen-bond donors (Lipinski definition) is 1. The fourth-order valence-corrected chi connectivity index (χ4v) is 4.70. The lowest BCUT2D eigenvalue weighted by atomic mass is 9.90. The zero-order chi connectivity index (χ0) is 17.8. The first kappa shape index (κ1) is 18.0. The zero-order valence-corrected chi connectivity index (χ0v) is 15.5. The molecule has 26 heavy (non-hydrogen) atoms. The van der Waals surface area contributed by atoms with Gasteiger partial charge in [0.2, 0.25) is 0 Å². The van der Waals surface area contributed by atoms with E-state index in [0.29, 0.717) is 18.2 Å². The van der Waals surface area contributed by atoms with Crippen molar-refractivity contribution in [2.45, 2.75) is 56.3 Å². The Kier molecular flexibility index (Phi) is 5.57. The molecule has 1 aromatic rings. The van der Waals surface area contributed by atoms with Gasteiger partial charge in [0.15, 0.2) is 0 Å². The molecule has 3 saturated heterocycles. The summed E-state index contributed by atoms with van der Waals surface area (Å²) in [6.07, 6.45) is 6.91. The molecule has 3 aliphatic heterocycles. The van der Waals surface area contributed by atoms with E-state index in [4.69, 9.17) is 9.47 Å². The van der Waals surface area contributed by atoms with E-state index in [1.807, 2.05) is 30.3 Å². The van der Waals surface area contributed by atoms with Crippen molar-refractivity contribution in [3.8, 4) is 0 Å². The summed E-state index contributed by atoms with van der Waals surface area (Å²) in [5.41, 5.74) is 0.711. The Morgan fingerprint density at radius 1 is 1.15 bits per heavy atom. The summed E-state index contributed by atoms with van der Waals surface area (Å²) in [6, 6.07) is 10.1. The number of nitrogens with one attached hydrogen (secondary N) is 1. The second-order valence-corrected chi connectivity index (χ2v) is 7.96. The van der Waals surface area contributed by atoms with Gasteiger partial charge in [-0.05, 0) is 50.7 Å². The lowest BCUT2D eigenvalue weighted by Gasteiger charge is -2.40. The highest BCUT2D eigenvalue weighted by Crippen LogP contribution is 2.38. The second-order valence-electron chi connectivity index (χ2n) is 7.96. The van der Waals surface area contributed by atoms with Crippen LogP contribution in [0.5, 0.6) is 0 Å². The molecule has 4 rings (SSSR count). The molecule has 5 heteroatoms. The number of ether oxygens (including phenoxy) is 2. The maximum atomic E-state index is 12.3. The van der Waals surface area contributed by atoms with Crippen molar-refractivity contribution >= 4 is 5.91 Å². The zero-order valence-electron chi connectivity index (χ0n) is 15.5. The fourth-order valence-electron chi connectivity index (χ4n) is 4.70. The summed E-state index contributed by atoms with van der Waals surface area (Å²) < 4.78 is 12.1. The molecule has 3 heterocycles. The van der Waals surface area contributed by atoms with Crippen LogP contribution in [-0.2, 0) is 9.47 Å². The molecule has 1 N–H and O–H groups in total. The van der Waals surface area contributed by atoms with Crippen LogP contribution >= 0.6 is 0 Å². The molecule has 0 aromatic heterocycles. The normalized spacial score (nSPS) is 30.5. The number of nitrogens with zero attached hydrogens (tertiary/aromatic N) is 1. The van der Waals surface area contributed by atoms with Crippen LogP contribution < -0.4 is 5.32 Å². The predicted molar refractivity (Wildman–Crippen MR) is 100 cm³/mol. The molecule has 142 valence electrons. The van der Waals surface area contributed by atoms with Crippen molar-refractivity contribution in [1.29, 1.82) is 0 Å². The average molecular weight is 358 g/mol. The van der Waals surface area contributed by atoms with Gasteiger partial charge in [0.1, 0.15) is 0 Å². The van der Waals surface area contributed by atoms with Gasteiger partial charge < -0.3 is 14.8 Å². The number of carbonyl (C=O) groups is 1. The number of rotatable bonds is 4. The molecule has 1 aromatic carbocycles. The Bertz CT molecular complexity index is 603. The van der Waals surface area contributed by atoms with Crippen LogP contribution in [0.15, 0.2) is 30.3 Å². The molecule has 3 aliphatic rings. The van der Waals surface area contributed by atoms with E-state index in [2.05, 4.69) is 10.2 Å². The highest BCUT2D eigenvalue weighted by molar-refractivity contribution is 5.94. The minimum Gasteiger partial charge on any atom is -0.381 e. The number of carbonyl (C=O) groups excluding carboxylic acids is 1. The molecule has 2 atom stereocenters. The summed E-state index contributed by atoms with van der Waals surface area (Å²) in [5.74, 6) is -0.0101. The van der Waals surface area contributed by atoms with Crippen LogP contribution in [0, 0.1) is 0 Å². The van der Waals surface area contributed by atoms with E-state index < -0.39 is 0 Å². The molecule has 0 bridgehead atoms. The average Bonchev–Trinajstić information content (AvgIpc) is 3.10. The van der Waals surface area contributed by atoms with Crippen LogP contribution in [0.2, 0.25) is 0 Å². The Hall–Kier alpha value is -1.43. The quantitative estimate of drug-likeness (QED) is 0.899. The highest BCUT2D eigenvalue weighted by atomic mass is 16.5. The first-order valence-electron chi connectivity index (χ1n) is 10.1. The van der Waals surface area contributed by atoms with E-state index in [9.17, 15) is 4.79 Å². The Morgan fingerprint density at radius 3 is 2.77 bits per heavy atom. The molecule has 1 amide bonds. The number of likely N-dealkylation sites (tertiary alicyclic amines) is 1. The number of amides is 1. The molecule has 3 fully saturated rings. The summed E-state index contributed by atoms with van der Waals surface area (Å²) in [7, 11) is 0. The van der Waals surface area contributed by atoms with E-state index in [-0.39, 0.29) is 17.6 Å². The Morgan fingerprint density at radius 2 is 1.96 bits per heavy atom. The molecule has 0 unspecified atom stereocenters. The van der Waals surface area contributed by atoms with Gasteiger partial charge in [-0.3, -0.25) is 9.69 Å². The smallest absolute Gasteiger partial charge is 0.251 e. The van der Waals surface area contributed by atoms with Gasteiger partial charge in [-0.1, -0.05) is 18.2 Å². The van der Waals surface area contributed by atoms with Gasteiger partial charge in [-0.25, -0.2) is 0 Å². The van der Waals surface area contributed by atoms with Gasteiger partial charge in [-0.15, -0.1) is 0 Å². The fraction of sp³-hybridized carbons (Fsp3) is 0.667. The first-order valence-corrected chi connectivity index (χ1v) is 10.1. The molecule has 0 radical (unpaired) electrons. The molecular formula is C21H30N2O3. The van der Waals surface area contributed by atoms with Gasteiger partial charge in [0.05, 0.1) is 11.7 Å². The first-order chi connectivity index (χ1) is 12.7. The van der Waals surface area contributed by atoms with Gasteiger partial charge in [0, 0.05) is 44.5 Å². The van der Waals surface area contributed by atoms with E-state index in [0.717, 1.165) is 58.4 Å². The standard InChI is InChI=1S/C21H30N2O3/c24-20(17-5-2-1-3-6-17)22-15-19-7-4-10-21(26-19)11-12-23(16-21)18-8-13-25-14-9-18/h1-3,5-6,18-19H,4,7-16H2,(H,22,24)/t19-,21-/m0/s1. The molecule has 0 aliphatic carbocycles. The second kappa shape index (κ2) is 8.07. The largest absolute Gasteiger partial charge is 0.381 e. The van der Waals surface area contributed by atoms with Crippen molar-refractivity contribution < 1.29 is 14.3 Å². The molecule has 5 nitrogen and oxygen atoms in total. The minimum absolute atomic E-state index is 0.00129.